The molecule has 0 aromatic rings. The van der Waals surface area contributed by atoms with Gasteiger partial charge in [0.25, 0.3) is 0 Å². The Labute approximate surface area is 128 Å². The van der Waals surface area contributed by atoms with Gasteiger partial charge in [-0.3, -0.25) is 0 Å². The Morgan fingerprint density at radius 2 is 1.10 bits per heavy atom. The fourth-order valence-electron chi connectivity index (χ4n) is 2.20. The molecule has 0 aromatic carbocycles. The molecule has 0 spiro atoms. The van der Waals surface area contributed by atoms with E-state index in [2.05, 4.69) is 40.0 Å². The van der Waals surface area contributed by atoms with E-state index in [-0.39, 0.29) is 0 Å². The smallest absolute Gasteiger partial charge is 0.322 e. The standard InChI is InChI=1S/C15H36O3Si2/c1-7-9-10-11-12-13-15-17-20(5,6)18-19(3,4)16-14-8-2/h7-15H2,1-6H3. The SMILES string of the molecule is CCCCCCCCO[Si](C)(C)O[Si](C)(C)OCCC. The predicted octanol–water partition coefficient (Wildman–Crippen LogP) is 5.21. The van der Waals surface area contributed by atoms with Gasteiger partial charge in [-0.15, -0.1) is 0 Å². The molecular weight excluding hydrogens is 284 g/mol. The highest BCUT2D eigenvalue weighted by molar-refractivity contribution is 6.78. The summed E-state index contributed by atoms with van der Waals surface area (Å²) in [6.07, 6.45) is 8.83. The normalized spacial score (nSPS) is 12.9. The van der Waals surface area contributed by atoms with Crippen molar-refractivity contribution in [1.82, 2.24) is 0 Å². The van der Waals surface area contributed by atoms with E-state index in [1.54, 1.807) is 0 Å². The minimum Gasteiger partial charge on any atom is -0.415 e. The lowest BCUT2D eigenvalue weighted by Gasteiger charge is -2.32. The predicted molar refractivity (Wildman–Crippen MR) is 91.6 cm³/mol. The van der Waals surface area contributed by atoms with Gasteiger partial charge in [0, 0.05) is 13.2 Å². The number of hydrogen-bond donors (Lipinski definition) is 0. The average molecular weight is 321 g/mol. The maximum Gasteiger partial charge on any atom is 0.322 e. The molecule has 0 aliphatic carbocycles. The van der Waals surface area contributed by atoms with Gasteiger partial charge in [-0.05, 0) is 39.0 Å². The average Bonchev–Trinajstić information content (AvgIpc) is 2.34. The lowest BCUT2D eigenvalue weighted by Crippen LogP contribution is -2.48. The molecule has 0 radical (unpaired) electrons. The number of hydrogen-bond acceptors (Lipinski definition) is 3. The van der Waals surface area contributed by atoms with E-state index >= 15 is 0 Å². The van der Waals surface area contributed by atoms with Crippen LogP contribution < -0.4 is 0 Å². The third-order valence-corrected chi connectivity index (χ3v) is 8.82. The van der Waals surface area contributed by atoms with Crippen LogP contribution in [0.15, 0.2) is 0 Å². The maximum atomic E-state index is 6.21. The summed E-state index contributed by atoms with van der Waals surface area (Å²) in [6.45, 7) is 14.5. The van der Waals surface area contributed by atoms with Crippen molar-refractivity contribution in [1.29, 1.82) is 0 Å². The van der Waals surface area contributed by atoms with Gasteiger partial charge in [-0.2, -0.15) is 0 Å². The fourth-order valence-corrected chi connectivity index (χ4v) is 8.74. The number of unbranched alkanes of at least 4 members (excludes halogenated alkanes) is 5. The Hall–Kier alpha value is 0.314. The topological polar surface area (TPSA) is 27.7 Å². The lowest BCUT2D eigenvalue weighted by molar-refractivity contribution is 0.193. The maximum absolute atomic E-state index is 6.21. The zero-order chi connectivity index (χ0) is 15.5. The highest BCUT2D eigenvalue weighted by Crippen LogP contribution is 2.17. The van der Waals surface area contributed by atoms with E-state index in [0.29, 0.717) is 0 Å². The molecule has 0 N–H and O–H groups in total. The first kappa shape index (κ1) is 20.3. The summed E-state index contributed by atoms with van der Waals surface area (Å²) in [6, 6.07) is 0. The van der Waals surface area contributed by atoms with Crippen LogP contribution in [0, 0.1) is 0 Å². The molecule has 5 heteroatoms. The molecule has 0 saturated carbocycles. The van der Waals surface area contributed by atoms with E-state index in [9.17, 15) is 0 Å². The molecule has 0 heterocycles. The van der Waals surface area contributed by atoms with Crippen molar-refractivity contribution < 1.29 is 13.0 Å². The third kappa shape index (κ3) is 12.1. The molecule has 0 aliphatic heterocycles. The van der Waals surface area contributed by atoms with E-state index in [1.807, 2.05) is 0 Å². The second-order valence-electron chi connectivity index (χ2n) is 6.37. The molecule has 0 atom stereocenters. The van der Waals surface area contributed by atoms with Gasteiger partial charge in [0.05, 0.1) is 0 Å². The van der Waals surface area contributed by atoms with Gasteiger partial charge in [0.15, 0.2) is 0 Å². The van der Waals surface area contributed by atoms with Crippen LogP contribution in [0.1, 0.15) is 58.8 Å². The summed E-state index contributed by atoms with van der Waals surface area (Å²) in [5.74, 6) is 0. The summed E-state index contributed by atoms with van der Waals surface area (Å²) in [5.41, 5.74) is 0. The quantitative estimate of drug-likeness (QED) is 0.344. The highest BCUT2D eigenvalue weighted by atomic mass is 28.5. The minimum absolute atomic E-state index is 0.793. The van der Waals surface area contributed by atoms with Crippen LogP contribution in [0.25, 0.3) is 0 Å². The molecule has 0 aromatic heterocycles. The molecule has 122 valence electrons. The Bertz CT molecular complexity index is 233. The Morgan fingerprint density at radius 1 is 0.600 bits per heavy atom. The summed E-state index contributed by atoms with van der Waals surface area (Å²) < 4.78 is 18.1. The molecule has 20 heavy (non-hydrogen) atoms. The first-order chi connectivity index (χ1) is 9.33. The fraction of sp³-hybridized carbons (Fsp3) is 1.00. The van der Waals surface area contributed by atoms with Gasteiger partial charge in [0.2, 0.25) is 0 Å². The third-order valence-electron chi connectivity index (χ3n) is 3.09. The second kappa shape index (κ2) is 11.0. The summed E-state index contributed by atoms with van der Waals surface area (Å²) in [4.78, 5) is 0. The van der Waals surface area contributed by atoms with Crippen LogP contribution in [0.4, 0.5) is 0 Å². The van der Waals surface area contributed by atoms with E-state index < -0.39 is 17.1 Å². The Balaban J connectivity index is 3.77. The largest absolute Gasteiger partial charge is 0.415 e. The molecule has 0 unspecified atom stereocenters. The Kier molecular flexibility index (Phi) is 11.1. The van der Waals surface area contributed by atoms with Crippen molar-refractivity contribution in [3.05, 3.63) is 0 Å². The molecule has 3 nitrogen and oxygen atoms in total. The molecular formula is C15H36O3Si2. The molecule has 0 aliphatic rings. The van der Waals surface area contributed by atoms with Crippen molar-refractivity contribution in [3.63, 3.8) is 0 Å². The summed E-state index contributed by atoms with van der Waals surface area (Å²) >= 11 is 0. The molecule has 0 fully saturated rings. The molecule has 0 rings (SSSR count). The first-order valence-electron chi connectivity index (χ1n) is 8.31. The van der Waals surface area contributed by atoms with Crippen molar-refractivity contribution >= 4 is 17.1 Å². The van der Waals surface area contributed by atoms with E-state index in [4.69, 9.17) is 13.0 Å². The summed E-state index contributed by atoms with van der Waals surface area (Å²) in [5, 5.41) is 0. The molecule has 0 amide bonds. The first-order valence-corrected chi connectivity index (χ1v) is 13.9. The second-order valence-corrected chi connectivity index (χ2v) is 13.4. The molecule has 0 bridgehead atoms. The van der Waals surface area contributed by atoms with Crippen LogP contribution in [-0.4, -0.2) is 30.3 Å². The van der Waals surface area contributed by atoms with Gasteiger partial charge < -0.3 is 13.0 Å². The van der Waals surface area contributed by atoms with Crippen LogP contribution >= 0.6 is 0 Å². The highest BCUT2D eigenvalue weighted by Gasteiger charge is 2.36. The Morgan fingerprint density at radius 3 is 1.65 bits per heavy atom. The van der Waals surface area contributed by atoms with Crippen molar-refractivity contribution in [2.24, 2.45) is 0 Å². The van der Waals surface area contributed by atoms with Crippen LogP contribution in [0.2, 0.25) is 26.2 Å². The van der Waals surface area contributed by atoms with Crippen molar-refractivity contribution in [2.45, 2.75) is 85.0 Å². The van der Waals surface area contributed by atoms with E-state index in [1.165, 1.54) is 32.1 Å². The van der Waals surface area contributed by atoms with Crippen LogP contribution in [-0.2, 0) is 13.0 Å². The van der Waals surface area contributed by atoms with E-state index in [0.717, 1.165) is 26.1 Å². The monoisotopic (exact) mass is 320 g/mol. The van der Waals surface area contributed by atoms with Crippen LogP contribution in [0.3, 0.4) is 0 Å². The van der Waals surface area contributed by atoms with Crippen molar-refractivity contribution in [2.75, 3.05) is 13.2 Å². The van der Waals surface area contributed by atoms with Crippen LogP contribution in [0.5, 0.6) is 0 Å². The zero-order valence-corrected chi connectivity index (χ0v) is 16.6. The van der Waals surface area contributed by atoms with Gasteiger partial charge >= 0.3 is 17.1 Å². The lowest BCUT2D eigenvalue weighted by atomic mass is 10.1. The number of rotatable bonds is 13. The van der Waals surface area contributed by atoms with Crippen molar-refractivity contribution in [3.8, 4) is 0 Å². The van der Waals surface area contributed by atoms with Gasteiger partial charge in [0.1, 0.15) is 0 Å². The molecule has 0 saturated heterocycles. The van der Waals surface area contributed by atoms with Gasteiger partial charge in [-0.25, -0.2) is 0 Å². The minimum atomic E-state index is -2.03. The summed E-state index contributed by atoms with van der Waals surface area (Å²) in [7, 11) is -4.04. The van der Waals surface area contributed by atoms with Gasteiger partial charge in [-0.1, -0.05) is 46.0 Å². The zero-order valence-electron chi connectivity index (χ0n) is 14.6.